The van der Waals surface area contributed by atoms with Gasteiger partial charge in [0.25, 0.3) is 0 Å². The van der Waals surface area contributed by atoms with Crippen LogP contribution in [0.15, 0.2) is 36.4 Å². The van der Waals surface area contributed by atoms with Crippen molar-refractivity contribution in [2.75, 3.05) is 6.61 Å². The van der Waals surface area contributed by atoms with E-state index < -0.39 is 5.97 Å². The van der Waals surface area contributed by atoms with Crippen LogP contribution in [-0.2, 0) is 17.8 Å². The van der Waals surface area contributed by atoms with E-state index in [1.807, 2.05) is 19.1 Å². The van der Waals surface area contributed by atoms with Crippen LogP contribution in [0.2, 0.25) is 0 Å². The van der Waals surface area contributed by atoms with Crippen LogP contribution in [0, 0.1) is 20.8 Å². The summed E-state index contributed by atoms with van der Waals surface area (Å²) in [6, 6.07) is 9.23. The van der Waals surface area contributed by atoms with Gasteiger partial charge in [-0.05, 0) is 79.6 Å². The molecule has 0 heterocycles. The molecule has 0 fully saturated rings. The van der Waals surface area contributed by atoms with Gasteiger partial charge in [0, 0.05) is 6.61 Å². The Labute approximate surface area is 150 Å². The van der Waals surface area contributed by atoms with Gasteiger partial charge in [0.2, 0.25) is 0 Å². The number of benzene rings is 2. The first kappa shape index (κ1) is 18.9. The van der Waals surface area contributed by atoms with Crippen LogP contribution in [0.4, 0.5) is 0 Å². The number of aryl methyl sites for hydroxylation is 2. The third-order valence-electron chi connectivity index (χ3n) is 4.48. The summed E-state index contributed by atoms with van der Waals surface area (Å²) in [6.45, 7) is 9.78. The van der Waals surface area contributed by atoms with Crippen LogP contribution in [0.5, 0.6) is 0 Å². The highest BCUT2D eigenvalue weighted by Gasteiger charge is 2.09. The fourth-order valence-corrected chi connectivity index (χ4v) is 3.02. The lowest BCUT2D eigenvalue weighted by Crippen LogP contribution is -2.02. The van der Waals surface area contributed by atoms with Crippen LogP contribution in [0.25, 0.3) is 6.08 Å². The summed E-state index contributed by atoms with van der Waals surface area (Å²) >= 11 is 0. The first-order valence-corrected chi connectivity index (χ1v) is 8.60. The average Bonchev–Trinajstić information content (AvgIpc) is 2.58. The molecular formula is C22H26O3. The zero-order valence-electron chi connectivity index (χ0n) is 15.4. The molecule has 0 amide bonds. The molecule has 0 bridgehead atoms. The molecule has 0 atom stereocenters. The van der Waals surface area contributed by atoms with Crippen molar-refractivity contribution < 1.29 is 14.6 Å². The number of hydrogen-bond acceptors (Lipinski definition) is 2. The number of carbonyl (C=O) groups is 1. The number of aromatic carboxylic acids is 1. The molecule has 25 heavy (non-hydrogen) atoms. The maximum absolute atomic E-state index is 10.9. The van der Waals surface area contributed by atoms with Gasteiger partial charge in [-0.2, -0.15) is 0 Å². The van der Waals surface area contributed by atoms with Crippen molar-refractivity contribution >= 4 is 12.0 Å². The molecule has 0 aliphatic heterocycles. The van der Waals surface area contributed by atoms with Crippen LogP contribution in [0.3, 0.4) is 0 Å². The van der Waals surface area contributed by atoms with Gasteiger partial charge in [-0.25, -0.2) is 4.79 Å². The lowest BCUT2D eigenvalue weighted by molar-refractivity contribution is 0.0697. The highest BCUT2D eigenvalue weighted by molar-refractivity contribution is 5.87. The predicted molar refractivity (Wildman–Crippen MR) is 102 cm³/mol. The molecule has 0 unspecified atom stereocenters. The van der Waals surface area contributed by atoms with Gasteiger partial charge in [0.05, 0.1) is 12.2 Å². The number of rotatable bonds is 7. The van der Waals surface area contributed by atoms with Crippen molar-refractivity contribution in [1.82, 2.24) is 0 Å². The van der Waals surface area contributed by atoms with Crippen molar-refractivity contribution in [3.63, 3.8) is 0 Å². The number of hydrogen-bond donors (Lipinski definition) is 1. The van der Waals surface area contributed by atoms with Gasteiger partial charge in [-0.3, -0.25) is 0 Å². The minimum Gasteiger partial charge on any atom is -0.478 e. The average molecular weight is 338 g/mol. The molecule has 0 saturated heterocycles. The van der Waals surface area contributed by atoms with E-state index in [0.717, 1.165) is 12.0 Å². The van der Waals surface area contributed by atoms with Gasteiger partial charge in [0.1, 0.15) is 0 Å². The van der Waals surface area contributed by atoms with Gasteiger partial charge in [-0.1, -0.05) is 30.4 Å². The second-order valence-corrected chi connectivity index (χ2v) is 6.27. The summed E-state index contributed by atoms with van der Waals surface area (Å²) in [6.07, 6.45) is 5.06. The van der Waals surface area contributed by atoms with E-state index in [4.69, 9.17) is 9.84 Å². The maximum Gasteiger partial charge on any atom is 0.335 e. The number of ether oxygens (including phenoxy) is 1. The molecule has 0 radical (unpaired) electrons. The molecule has 0 aromatic heterocycles. The van der Waals surface area contributed by atoms with Crippen LogP contribution in [-0.4, -0.2) is 17.7 Å². The van der Waals surface area contributed by atoms with Crippen molar-refractivity contribution in [2.24, 2.45) is 0 Å². The van der Waals surface area contributed by atoms with E-state index in [2.05, 4.69) is 39.0 Å². The summed E-state index contributed by atoms with van der Waals surface area (Å²) in [4.78, 5) is 10.9. The van der Waals surface area contributed by atoms with Gasteiger partial charge < -0.3 is 9.84 Å². The number of carboxylic acids is 1. The summed E-state index contributed by atoms with van der Waals surface area (Å²) in [5.41, 5.74) is 7.71. The quantitative estimate of drug-likeness (QED) is 0.764. The monoisotopic (exact) mass is 338 g/mol. The topological polar surface area (TPSA) is 46.5 Å². The smallest absolute Gasteiger partial charge is 0.335 e. The van der Waals surface area contributed by atoms with E-state index in [0.29, 0.717) is 18.8 Å². The summed E-state index contributed by atoms with van der Waals surface area (Å²) in [5.74, 6) is -0.894. The van der Waals surface area contributed by atoms with E-state index >= 15 is 0 Å². The van der Waals surface area contributed by atoms with E-state index in [9.17, 15) is 4.79 Å². The molecule has 3 heteroatoms. The lowest BCUT2D eigenvalue weighted by atomic mass is 9.93. The van der Waals surface area contributed by atoms with Crippen molar-refractivity contribution in [1.29, 1.82) is 0 Å². The Balaban J connectivity index is 2.18. The van der Waals surface area contributed by atoms with Gasteiger partial charge >= 0.3 is 5.97 Å². The Kier molecular flexibility index (Phi) is 6.54. The van der Waals surface area contributed by atoms with Crippen molar-refractivity contribution in [2.45, 2.75) is 40.7 Å². The number of carboxylic acid groups (broad SMARTS) is 1. The number of allylic oxidation sites excluding steroid dienone is 1. The molecular weight excluding hydrogens is 312 g/mol. The minimum atomic E-state index is -0.894. The Bertz CT molecular complexity index is 771. The molecule has 0 aliphatic carbocycles. The Morgan fingerprint density at radius 2 is 1.80 bits per heavy atom. The summed E-state index contributed by atoms with van der Waals surface area (Å²) < 4.78 is 5.61. The van der Waals surface area contributed by atoms with Crippen LogP contribution >= 0.6 is 0 Å². The van der Waals surface area contributed by atoms with E-state index in [-0.39, 0.29) is 0 Å². The van der Waals surface area contributed by atoms with Crippen molar-refractivity contribution in [3.8, 4) is 0 Å². The highest BCUT2D eigenvalue weighted by Crippen LogP contribution is 2.24. The third-order valence-corrected chi connectivity index (χ3v) is 4.48. The molecule has 0 aliphatic rings. The van der Waals surface area contributed by atoms with Gasteiger partial charge in [0.15, 0.2) is 0 Å². The van der Waals surface area contributed by atoms with E-state index in [1.54, 1.807) is 12.1 Å². The largest absolute Gasteiger partial charge is 0.478 e. The first-order valence-electron chi connectivity index (χ1n) is 8.60. The highest BCUT2D eigenvalue weighted by atomic mass is 16.5. The van der Waals surface area contributed by atoms with Gasteiger partial charge in [-0.15, -0.1) is 0 Å². The fourth-order valence-electron chi connectivity index (χ4n) is 3.02. The first-order chi connectivity index (χ1) is 11.9. The van der Waals surface area contributed by atoms with Crippen LogP contribution < -0.4 is 0 Å². The second-order valence-electron chi connectivity index (χ2n) is 6.27. The minimum absolute atomic E-state index is 0.318. The Morgan fingerprint density at radius 3 is 2.40 bits per heavy atom. The summed E-state index contributed by atoms with van der Waals surface area (Å²) in [5, 5.41) is 8.95. The standard InChI is InChI=1S/C22H26O3/c1-5-25-14-21-16(3)13-15(2)20(17(21)4)8-6-7-18-9-11-19(12-10-18)22(23)24/h6,8-13H,5,7,14H2,1-4H3,(H,23,24)/b8-6+. The lowest BCUT2D eigenvalue weighted by Gasteiger charge is -2.15. The fraction of sp³-hybridized carbons (Fsp3) is 0.318. The molecule has 2 aromatic rings. The Morgan fingerprint density at radius 1 is 1.12 bits per heavy atom. The molecule has 0 spiro atoms. The zero-order valence-corrected chi connectivity index (χ0v) is 15.4. The predicted octanol–water partition coefficient (Wildman–Crippen LogP) is 5.10. The molecule has 3 nitrogen and oxygen atoms in total. The molecule has 2 aromatic carbocycles. The third kappa shape index (κ3) is 4.80. The normalized spacial score (nSPS) is 11.2. The SMILES string of the molecule is CCOCc1c(C)cc(C)c(/C=C/Cc2ccc(C(=O)O)cc2)c1C. The second kappa shape index (κ2) is 8.63. The summed E-state index contributed by atoms with van der Waals surface area (Å²) in [7, 11) is 0. The molecule has 132 valence electrons. The van der Waals surface area contributed by atoms with Crippen LogP contribution in [0.1, 0.15) is 50.7 Å². The zero-order chi connectivity index (χ0) is 18.4. The van der Waals surface area contributed by atoms with Crippen molar-refractivity contribution in [3.05, 3.63) is 75.4 Å². The molecule has 1 N–H and O–H groups in total. The molecule has 0 saturated carbocycles. The van der Waals surface area contributed by atoms with E-state index in [1.165, 1.54) is 27.8 Å². The molecule has 2 rings (SSSR count). The Hall–Kier alpha value is -2.39. The maximum atomic E-state index is 10.9.